The molecule has 0 rings (SSSR count). The van der Waals surface area contributed by atoms with Gasteiger partial charge in [0.05, 0.1) is 0 Å². The standard InChI is InChI=1S/H2O2.4O.3Ti/c1-2;;;;;;;/h1-2H;;;;;;;. The van der Waals surface area contributed by atoms with E-state index in [9.17, 15) is 0 Å². The van der Waals surface area contributed by atoms with Gasteiger partial charge in [-0.25, -0.2) is 0 Å². The second kappa shape index (κ2) is 59.4. The number of hydrogen-bond donors (Lipinski definition) is 2. The van der Waals surface area contributed by atoms with Gasteiger partial charge < -0.3 is 0 Å². The summed E-state index contributed by atoms with van der Waals surface area (Å²) in [6.45, 7) is 0. The Labute approximate surface area is 83.0 Å². The van der Waals surface area contributed by atoms with Crippen molar-refractivity contribution in [3.8, 4) is 0 Å². The Morgan fingerprint density at radius 2 is 0.778 bits per heavy atom. The van der Waals surface area contributed by atoms with Gasteiger partial charge in [-0.3, -0.25) is 10.5 Å². The predicted molar refractivity (Wildman–Crippen MR) is 8.00 cm³/mol. The zero-order valence-electron chi connectivity index (χ0n) is 4.03. The van der Waals surface area contributed by atoms with Crippen molar-refractivity contribution >= 4 is 0 Å². The monoisotopic (exact) mass is 242 g/mol. The molecule has 0 bridgehead atoms. The Balaban J connectivity index is -0.0000000202. The Kier molecular flexibility index (Phi) is 148. The van der Waals surface area contributed by atoms with Crippen molar-refractivity contribution in [2.24, 2.45) is 0 Å². The minimum atomic E-state index is -2.00. The third kappa shape index (κ3) is 306. The molecule has 0 aliphatic heterocycles. The third-order valence-electron chi connectivity index (χ3n) is 0. The molecule has 0 spiro atoms. The fourth-order valence-electron chi connectivity index (χ4n) is 0. The van der Waals surface area contributed by atoms with Gasteiger partial charge in [-0.2, -0.15) is 0 Å². The largest absolute Gasteiger partial charge is 0 e. The van der Waals surface area contributed by atoms with Gasteiger partial charge in [0.25, 0.3) is 0 Å². The van der Waals surface area contributed by atoms with Crippen LogP contribution >= 0.6 is 0 Å². The molecule has 2 N–H and O–H groups in total. The third-order valence-corrected chi connectivity index (χ3v) is 0. The molecule has 0 atom stereocenters. The second-order valence-corrected chi connectivity index (χ2v) is 0.687. The molecule has 9 heavy (non-hydrogen) atoms. The molecule has 50 valence electrons. The summed E-state index contributed by atoms with van der Waals surface area (Å²) in [4.78, 5) is 0. The second-order valence-electron chi connectivity index (χ2n) is 0.167. The van der Waals surface area contributed by atoms with Crippen LogP contribution < -0.4 is 0 Å². The maximum atomic E-state index is 8.50. The van der Waals surface area contributed by atoms with Crippen molar-refractivity contribution in [1.29, 1.82) is 0 Å². The van der Waals surface area contributed by atoms with Crippen LogP contribution in [0.3, 0.4) is 0 Å². The first kappa shape index (κ1) is 22.4. The molecule has 0 aliphatic carbocycles. The van der Waals surface area contributed by atoms with Crippen LogP contribution in [0.4, 0.5) is 0 Å². The predicted octanol–water partition coefficient (Wildman–Crippen LogP) is -0.465. The minimum Gasteiger partial charge on any atom is 0 e. The van der Waals surface area contributed by atoms with Crippen LogP contribution in [0.15, 0.2) is 0 Å². The van der Waals surface area contributed by atoms with Crippen molar-refractivity contribution < 1.29 is 83.7 Å². The van der Waals surface area contributed by atoms with Crippen LogP contribution in [0.1, 0.15) is 0 Å². The Hall–Kier alpha value is 1.26. The summed E-state index contributed by atoms with van der Waals surface area (Å²) in [5, 5.41) is 12.0. The average molecular weight is 242 g/mol. The van der Waals surface area contributed by atoms with Crippen LogP contribution in [0.25, 0.3) is 0 Å². The summed E-state index contributed by atoms with van der Waals surface area (Å²) in [5.41, 5.74) is 0. The summed E-state index contributed by atoms with van der Waals surface area (Å²) in [7, 11) is 0. The molecular weight excluding hydrogens is 240 g/mol. The molecular formula is H2O6Ti3. The van der Waals surface area contributed by atoms with Gasteiger partial charge in [-0.15, -0.1) is 0 Å². The zero-order valence-corrected chi connectivity index (χ0v) is 8.71. The van der Waals surface area contributed by atoms with Crippen molar-refractivity contribution in [2.75, 3.05) is 0 Å². The van der Waals surface area contributed by atoms with Crippen LogP contribution in [0.2, 0.25) is 0 Å². The van der Waals surface area contributed by atoms with E-state index in [0.29, 0.717) is 0 Å². The first-order valence-electron chi connectivity index (χ1n) is 1.02. The maximum Gasteiger partial charge on any atom is 0 e. The Morgan fingerprint density at radius 1 is 0.778 bits per heavy atom. The SMILES string of the molecule is OO.[O]=[Ti]=[O].[O]=[Ti]=[O].[Ti]. The van der Waals surface area contributed by atoms with E-state index >= 15 is 0 Å². The molecule has 0 saturated heterocycles. The molecule has 0 saturated carbocycles. The summed E-state index contributed by atoms with van der Waals surface area (Å²) in [5.74, 6) is 0. The van der Waals surface area contributed by atoms with Gasteiger partial charge in [0, 0.05) is 21.7 Å². The van der Waals surface area contributed by atoms with Crippen LogP contribution in [-0.4, -0.2) is 10.5 Å². The Morgan fingerprint density at radius 3 is 0.778 bits per heavy atom. The summed E-state index contributed by atoms with van der Waals surface area (Å²) >= 11 is -4.00. The van der Waals surface area contributed by atoms with Gasteiger partial charge in [0.2, 0.25) is 0 Å². The summed E-state index contributed by atoms with van der Waals surface area (Å²) in [6.07, 6.45) is 0. The maximum absolute atomic E-state index is 8.50. The molecule has 6 nitrogen and oxygen atoms in total. The van der Waals surface area contributed by atoms with Gasteiger partial charge in [-0.1, -0.05) is 0 Å². The molecule has 0 unspecified atom stereocenters. The van der Waals surface area contributed by atoms with E-state index in [2.05, 4.69) is 0 Å². The molecule has 0 heterocycles. The van der Waals surface area contributed by atoms with Gasteiger partial charge in [0.15, 0.2) is 0 Å². The number of hydrogen-bond acceptors (Lipinski definition) is 6. The molecule has 0 radical (unpaired) electrons. The summed E-state index contributed by atoms with van der Waals surface area (Å²) < 4.78 is 34.0. The summed E-state index contributed by atoms with van der Waals surface area (Å²) in [6, 6.07) is 0. The zero-order chi connectivity index (χ0) is 7.41. The van der Waals surface area contributed by atoms with E-state index in [0.717, 1.165) is 0 Å². The van der Waals surface area contributed by atoms with Crippen molar-refractivity contribution in [2.45, 2.75) is 0 Å². The van der Waals surface area contributed by atoms with E-state index in [1.807, 2.05) is 0 Å². The minimum absolute atomic E-state index is 0. The van der Waals surface area contributed by atoms with Gasteiger partial charge >= 0.3 is 51.5 Å². The van der Waals surface area contributed by atoms with E-state index in [1.54, 1.807) is 0 Å². The smallest absolute Gasteiger partial charge is 0 e. The molecule has 0 aromatic heterocycles. The molecule has 0 aliphatic rings. The number of rotatable bonds is 0. The van der Waals surface area contributed by atoms with Gasteiger partial charge in [-0.05, 0) is 0 Å². The van der Waals surface area contributed by atoms with E-state index in [4.69, 9.17) is 23.8 Å². The first-order chi connectivity index (χ1) is 3.83. The molecule has 0 aromatic carbocycles. The first-order valence-corrected chi connectivity index (χ1v) is 3.57. The fourth-order valence-corrected chi connectivity index (χ4v) is 0. The van der Waals surface area contributed by atoms with Crippen molar-refractivity contribution in [3.63, 3.8) is 0 Å². The molecule has 0 aromatic rings. The van der Waals surface area contributed by atoms with Crippen molar-refractivity contribution in [1.82, 2.24) is 0 Å². The van der Waals surface area contributed by atoms with E-state index in [-0.39, 0.29) is 21.7 Å². The van der Waals surface area contributed by atoms with Crippen LogP contribution in [0, 0.1) is 0 Å². The van der Waals surface area contributed by atoms with E-state index in [1.165, 1.54) is 0 Å². The quantitative estimate of drug-likeness (QED) is 0.337. The van der Waals surface area contributed by atoms with E-state index < -0.39 is 38.2 Å². The normalized spacial score (nSPS) is 2.44. The molecule has 0 fully saturated rings. The van der Waals surface area contributed by atoms with Crippen molar-refractivity contribution in [3.05, 3.63) is 0 Å². The fraction of sp³-hybridized carbons (Fsp3) is 0. The molecule has 9 heteroatoms. The van der Waals surface area contributed by atoms with Crippen LogP contribution in [0.5, 0.6) is 0 Å². The Bertz CT molecular complexity index is 62.3. The molecule has 0 amide bonds. The van der Waals surface area contributed by atoms with Gasteiger partial charge in [0.1, 0.15) is 0 Å². The van der Waals surface area contributed by atoms with Crippen LogP contribution in [-0.2, 0) is 73.2 Å². The average Bonchev–Trinajstić information content (AvgIpc) is 1.75. The topological polar surface area (TPSA) is 109 Å².